The van der Waals surface area contributed by atoms with Gasteiger partial charge in [0.2, 0.25) is 0 Å². The third-order valence-electron chi connectivity index (χ3n) is 1.06. The molecule has 78 valence electrons. The standard InChI is InChI=1S/C9H18O4/c1-7(2)5-11-9(10)13-12-6-8(3)4/h7-8H,5-6H2,1-4H3. The Bertz CT molecular complexity index is 143. The van der Waals surface area contributed by atoms with Crippen molar-refractivity contribution >= 4 is 6.16 Å². The summed E-state index contributed by atoms with van der Waals surface area (Å²) < 4.78 is 4.70. The fourth-order valence-corrected chi connectivity index (χ4v) is 0.477. The van der Waals surface area contributed by atoms with E-state index >= 15 is 0 Å². The molecule has 0 rings (SSSR count). The van der Waals surface area contributed by atoms with Crippen molar-refractivity contribution in [2.75, 3.05) is 13.2 Å². The van der Waals surface area contributed by atoms with Crippen LogP contribution in [0.15, 0.2) is 0 Å². The predicted molar refractivity (Wildman–Crippen MR) is 48.1 cm³/mol. The summed E-state index contributed by atoms with van der Waals surface area (Å²) in [6, 6.07) is 0. The molecular weight excluding hydrogens is 172 g/mol. The summed E-state index contributed by atoms with van der Waals surface area (Å²) in [5.74, 6) is 0.635. The predicted octanol–water partition coefficient (Wildman–Crippen LogP) is 2.38. The van der Waals surface area contributed by atoms with E-state index < -0.39 is 6.16 Å². The van der Waals surface area contributed by atoms with E-state index in [9.17, 15) is 4.79 Å². The summed E-state index contributed by atoms with van der Waals surface area (Å²) in [6.07, 6.45) is -0.769. The smallest absolute Gasteiger partial charge is 0.432 e. The lowest BCUT2D eigenvalue weighted by Gasteiger charge is -2.07. The summed E-state index contributed by atoms with van der Waals surface area (Å²) in [7, 11) is 0. The second-order valence-electron chi connectivity index (χ2n) is 3.72. The van der Waals surface area contributed by atoms with Crippen molar-refractivity contribution < 1.29 is 19.3 Å². The fraction of sp³-hybridized carbons (Fsp3) is 0.889. The highest BCUT2D eigenvalue weighted by molar-refractivity contribution is 5.58. The first kappa shape index (κ1) is 12.2. The van der Waals surface area contributed by atoms with Crippen LogP contribution in [0.5, 0.6) is 0 Å². The third-order valence-corrected chi connectivity index (χ3v) is 1.06. The van der Waals surface area contributed by atoms with Gasteiger partial charge in [0, 0.05) is 0 Å². The molecule has 0 saturated carbocycles. The normalized spacial score (nSPS) is 10.6. The van der Waals surface area contributed by atoms with E-state index in [0.717, 1.165) is 0 Å². The molecular formula is C9H18O4. The Labute approximate surface area is 79.1 Å². The minimum absolute atomic E-state index is 0.303. The van der Waals surface area contributed by atoms with Crippen LogP contribution in [0, 0.1) is 11.8 Å². The van der Waals surface area contributed by atoms with Crippen LogP contribution in [-0.4, -0.2) is 19.4 Å². The maximum atomic E-state index is 10.8. The molecule has 0 unspecified atom stereocenters. The molecule has 0 aliphatic rings. The minimum atomic E-state index is -0.769. The zero-order chi connectivity index (χ0) is 10.3. The molecule has 0 aliphatic heterocycles. The van der Waals surface area contributed by atoms with Crippen molar-refractivity contribution in [2.24, 2.45) is 11.8 Å². The van der Waals surface area contributed by atoms with Gasteiger partial charge in [-0.15, -0.1) is 0 Å². The molecule has 0 amide bonds. The Morgan fingerprint density at radius 3 is 2.08 bits per heavy atom. The van der Waals surface area contributed by atoms with Crippen LogP contribution in [-0.2, 0) is 14.5 Å². The molecule has 13 heavy (non-hydrogen) atoms. The first-order valence-electron chi connectivity index (χ1n) is 4.48. The fourth-order valence-electron chi connectivity index (χ4n) is 0.477. The van der Waals surface area contributed by atoms with Gasteiger partial charge in [-0.2, -0.15) is 4.89 Å². The van der Waals surface area contributed by atoms with Gasteiger partial charge in [-0.1, -0.05) is 27.7 Å². The Kier molecular flexibility index (Phi) is 6.32. The van der Waals surface area contributed by atoms with E-state index in [1.807, 2.05) is 27.7 Å². The summed E-state index contributed by atoms with van der Waals surface area (Å²) >= 11 is 0. The van der Waals surface area contributed by atoms with Gasteiger partial charge < -0.3 is 4.74 Å². The highest BCUT2D eigenvalue weighted by Gasteiger charge is 2.06. The zero-order valence-corrected chi connectivity index (χ0v) is 8.70. The zero-order valence-electron chi connectivity index (χ0n) is 8.70. The molecule has 0 heterocycles. The molecule has 0 aromatic rings. The number of hydrogen-bond acceptors (Lipinski definition) is 4. The van der Waals surface area contributed by atoms with Crippen LogP contribution < -0.4 is 0 Å². The highest BCUT2D eigenvalue weighted by atomic mass is 17.2. The average Bonchev–Trinajstić information content (AvgIpc) is 2.00. The van der Waals surface area contributed by atoms with Crippen LogP contribution in [0.2, 0.25) is 0 Å². The average molecular weight is 190 g/mol. The van der Waals surface area contributed by atoms with Gasteiger partial charge in [-0.3, -0.25) is 4.89 Å². The van der Waals surface area contributed by atoms with Crippen molar-refractivity contribution in [1.82, 2.24) is 0 Å². The topological polar surface area (TPSA) is 44.8 Å². The van der Waals surface area contributed by atoms with Crippen LogP contribution in [0.3, 0.4) is 0 Å². The Hall–Kier alpha value is -0.770. The maximum Gasteiger partial charge on any atom is 0.540 e. The summed E-state index contributed by atoms with van der Waals surface area (Å²) in [6.45, 7) is 8.55. The molecule has 0 bridgehead atoms. The van der Waals surface area contributed by atoms with Crippen molar-refractivity contribution in [3.05, 3.63) is 0 Å². The van der Waals surface area contributed by atoms with E-state index in [4.69, 9.17) is 4.74 Å². The first-order chi connectivity index (χ1) is 6.02. The van der Waals surface area contributed by atoms with Gasteiger partial charge in [0.15, 0.2) is 0 Å². The van der Waals surface area contributed by atoms with Gasteiger partial charge in [-0.05, 0) is 11.8 Å². The van der Waals surface area contributed by atoms with Crippen molar-refractivity contribution in [3.63, 3.8) is 0 Å². The van der Waals surface area contributed by atoms with E-state index in [2.05, 4.69) is 9.78 Å². The Morgan fingerprint density at radius 1 is 1.08 bits per heavy atom. The lowest BCUT2D eigenvalue weighted by Crippen LogP contribution is -2.13. The summed E-state index contributed by atoms with van der Waals surface area (Å²) in [4.78, 5) is 19.7. The number of carbonyl (C=O) groups is 1. The van der Waals surface area contributed by atoms with E-state index in [1.165, 1.54) is 0 Å². The molecule has 0 atom stereocenters. The van der Waals surface area contributed by atoms with Gasteiger partial charge in [0.1, 0.15) is 0 Å². The van der Waals surface area contributed by atoms with Crippen LogP contribution >= 0.6 is 0 Å². The summed E-state index contributed by atoms with van der Waals surface area (Å²) in [5.41, 5.74) is 0. The first-order valence-corrected chi connectivity index (χ1v) is 4.48. The van der Waals surface area contributed by atoms with Crippen LogP contribution in [0.25, 0.3) is 0 Å². The highest BCUT2D eigenvalue weighted by Crippen LogP contribution is 1.97. The van der Waals surface area contributed by atoms with Crippen molar-refractivity contribution in [1.29, 1.82) is 0 Å². The molecule has 0 spiro atoms. The number of rotatable bonds is 5. The van der Waals surface area contributed by atoms with Gasteiger partial charge >= 0.3 is 6.16 Å². The quantitative estimate of drug-likeness (QED) is 0.379. The molecule has 0 radical (unpaired) electrons. The Balaban J connectivity index is 3.30. The van der Waals surface area contributed by atoms with E-state index in [-0.39, 0.29) is 0 Å². The van der Waals surface area contributed by atoms with Crippen molar-refractivity contribution in [2.45, 2.75) is 27.7 Å². The number of carbonyl (C=O) groups excluding carboxylic acids is 1. The van der Waals surface area contributed by atoms with E-state index in [1.54, 1.807) is 0 Å². The van der Waals surface area contributed by atoms with Crippen LogP contribution in [0.4, 0.5) is 4.79 Å². The Morgan fingerprint density at radius 2 is 1.62 bits per heavy atom. The number of ether oxygens (including phenoxy) is 1. The largest absolute Gasteiger partial charge is 0.540 e. The lowest BCUT2D eigenvalue weighted by molar-refractivity contribution is -0.260. The molecule has 0 N–H and O–H groups in total. The molecule has 0 aromatic heterocycles. The molecule has 4 heteroatoms. The monoisotopic (exact) mass is 190 g/mol. The van der Waals surface area contributed by atoms with Gasteiger partial charge in [-0.25, -0.2) is 4.79 Å². The molecule has 0 saturated heterocycles. The van der Waals surface area contributed by atoms with Crippen LogP contribution in [0.1, 0.15) is 27.7 Å². The summed E-state index contributed by atoms with van der Waals surface area (Å²) in [5, 5.41) is 0. The molecule has 0 aliphatic carbocycles. The maximum absolute atomic E-state index is 10.8. The molecule has 4 nitrogen and oxygen atoms in total. The van der Waals surface area contributed by atoms with Crippen molar-refractivity contribution in [3.8, 4) is 0 Å². The van der Waals surface area contributed by atoms with E-state index in [0.29, 0.717) is 25.0 Å². The molecule has 0 fully saturated rings. The third kappa shape index (κ3) is 9.14. The SMILES string of the molecule is CC(C)COOC(=O)OCC(C)C. The second kappa shape index (κ2) is 6.71. The second-order valence-corrected chi connectivity index (χ2v) is 3.72. The lowest BCUT2D eigenvalue weighted by atomic mass is 10.2. The molecule has 0 aromatic carbocycles. The minimum Gasteiger partial charge on any atom is -0.432 e. The van der Waals surface area contributed by atoms with Gasteiger partial charge in [0.05, 0.1) is 13.2 Å². The van der Waals surface area contributed by atoms with Gasteiger partial charge in [0.25, 0.3) is 0 Å². The number of hydrogen-bond donors (Lipinski definition) is 0.